The number of nitrogens with one attached hydrogen (secondary N) is 3. The van der Waals surface area contributed by atoms with Gasteiger partial charge in [-0.1, -0.05) is 62.4 Å². The molecule has 2 saturated heterocycles. The topological polar surface area (TPSA) is 168 Å². The number of aromatic nitrogens is 2. The van der Waals surface area contributed by atoms with Crippen LogP contribution in [0.25, 0.3) is 33.2 Å². The molecular formula is C49H53N7O7. The third-order valence-electron chi connectivity index (χ3n) is 13.3. The third kappa shape index (κ3) is 7.65. The molecule has 0 radical (unpaired) electrons. The van der Waals surface area contributed by atoms with Gasteiger partial charge in [-0.25, -0.2) is 14.6 Å². The number of hydrogen-bond donors (Lipinski definition) is 3. The minimum Gasteiger partial charge on any atom is -0.488 e. The predicted octanol–water partition coefficient (Wildman–Crippen LogP) is 8.33. The number of alkyl carbamates (subject to hydrolysis) is 2. The number of amides is 4. The van der Waals surface area contributed by atoms with Gasteiger partial charge in [0.05, 0.1) is 43.9 Å². The van der Waals surface area contributed by atoms with E-state index in [1.54, 1.807) is 0 Å². The van der Waals surface area contributed by atoms with E-state index in [1.165, 1.54) is 14.2 Å². The van der Waals surface area contributed by atoms with Crippen molar-refractivity contribution in [2.24, 2.45) is 10.9 Å². The second-order valence-corrected chi connectivity index (χ2v) is 17.5. The number of H-pyrrole nitrogens is 1. The number of rotatable bonds is 9. The molecule has 5 heterocycles. The molecule has 5 aromatic rings. The van der Waals surface area contributed by atoms with E-state index in [-0.39, 0.29) is 41.9 Å². The van der Waals surface area contributed by atoms with Crippen molar-refractivity contribution in [3.63, 3.8) is 0 Å². The number of benzene rings is 4. The van der Waals surface area contributed by atoms with E-state index < -0.39 is 24.3 Å². The zero-order valence-electron chi connectivity index (χ0n) is 36.4. The number of likely N-dealkylation sites (tertiary alicyclic amines) is 2. The summed E-state index contributed by atoms with van der Waals surface area (Å²) in [5.41, 5.74) is 8.61. The SMILES string of the molecule is COC(=O)N[C@H](C(=O)N1[C@@H](C)CC[C@H]1c1ncc(-c2ccc3c(c2)COc2cc4c5c(ccc4cc2-3)N=C([C@@H]2CC[C@@H](C)N2C(=O)[C@H](NC(=O)OC)c2ccccc2)C5)[nH]1)C(C)C. The molecule has 0 aliphatic carbocycles. The normalized spacial score (nSPS) is 20.9. The lowest BCUT2D eigenvalue weighted by Gasteiger charge is -2.32. The first kappa shape index (κ1) is 41.6. The molecule has 4 amide bonds. The highest BCUT2D eigenvalue weighted by atomic mass is 16.5. The first-order valence-corrected chi connectivity index (χ1v) is 21.8. The van der Waals surface area contributed by atoms with E-state index in [9.17, 15) is 19.2 Å². The van der Waals surface area contributed by atoms with E-state index in [0.717, 1.165) is 87.1 Å². The van der Waals surface area contributed by atoms with E-state index in [4.69, 9.17) is 24.2 Å². The maximum atomic E-state index is 14.3. The molecule has 0 spiro atoms. The van der Waals surface area contributed by atoms with Gasteiger partial charge in [0, 0.05) is 29.8 Å². The van der Waals surface area contributed by atoms with Crippen LogP contribution in [0.5, 0.6) is 5.75 Å². The molecule has 3 N–H and O–H groups in total. The molecule has 0 saturated carbocycles. The molecule has 14 heteroatoms. The van der Waals surface area contributed by atoms with Crippen LogP contribution in [0.15, 0.2) is 84.0 Å². The number of hydrogen-bond acceptors (Lipinski definition) is 9. The van der Waals surface area contributed by atoms with Crippen molar-refractivity contribution in [2.45, 2.75) is 103 Å². The number of ether oxygens (including phenoxy) is 3. The molecule has 326 valence electrons. The molecule has 6 atom stereocenters. The number of aromatic amines is 1. The number of carbonyl (C=O) groups excluding carboxylic acids is 4. The number of carbonyl (C=O) groups is 4. The number of aliphatic imine (C=N–C) groups is 1. The Kier molecular flexibility index (Phi) is 11.2. The summed E-state index contributed by atoms with van der Waals surface area (Å²) in [7, 11) is 2.59. The summed E-state index contributed by atoms with van der Waals surface area (Å²) in [4.78, 5) is 70.0. The number of methoxy groups -OCH3 is 2. The smallest absolute Gasteiger partial charge is 0.407 e. The largest absolute Gasteiger partial charge is 0.488 e. The summed E-state index contributed by atoms with van der Waals surface area (Å²) >= 11 is 0. The molecule has 0 bridgehead atoms. The van der Waals surface area contributed by atoms with Gasteiger partial charge in [0.15, 0.2) is 0 Å². The third-order valence-corrected chi connectivity index (χ3v) is 13.3. The van der Waals surface area contributed by atoms with Crippen molar-refractivity contribution >= 4 is 46.2 Å². The maximum Gasteiger partial charge on any atom is 0.407 e. The van der Waals surface area contributed by atoms with Crippen molar-refractivity contribution in [1.82, 2.24) is 30.4 Å². The average molecular weight is 852 g/mol. The van der Waals surface area contributed by atoms with Crippen LogP contribution < -0.4 is 15.4 Å². The fourth-order valence-electron chi connectivity index (χ4n) is 9.97. The molecule has 63 heavy (non-hydrogen) atoms. The minimum atomic E-state index is -0.891. The Balaban J connectivity index is 0.941. The van der Waals surface area contributed by atoms with Crippen LogP contribution in [-0.4, -0.2) is 87.9 Å². The molecule has 4 aliphatic heterocycles. The summed E-state index contributed by atoms with van der Waals surface area (Å²) in [6.45, 7) is 8.30. The Labute approximate surface area is 366 Å². The van der Waals surface area contributed by atoms with E-state index >= 15 is 0 Å². The van der Waals surface area contributed by atoms with Crippen molar-refractivity contribution in [1.29, 1.82) is 0 Å². The Bertz CT molecular complexity index is 2640. The molecule has 1 aromatic heterocycles. The van der Waals surface area contributed by atoms with Gasteiger partial charge in [-0.05, 0) is 108 Å². The van der Waals surface area contributed by atoms with Gasteiger partial charge in [-0.3, -0.25) is 14.6 Å². The van der Waals surface area contributed by atoms with Crippen LogP contribution in [0.4, 0.5) is 15.3 Å². The van der Waals surface area contributed by atoms with Crippen LogP contribution in [0.3, 0.4) is 0 Å². The molecule has 4 aliphatic rings. The lowest BCUT2D eigenvalue weighted by Crippen LogP contribution is -2.52. The van der Waals surface area contributed by atoms with Crippen LogP contribution in [0, 0.1) is 5.92 Å². The second kappa shape index (κ2) is 16.9. The molecular weight excluding hydrogens is 799 g/mol. The van der Waals surface area contributed by atoms with Crippen LogP contribution in [0.1, 0.15) is 88.0 Å². The van der Waals surface area contributed by atoms with Crippen molar-refractivity contribution < 1.29 is 33.4 Å². The lowest BCUT2D eigenvalue weighted by atomic mass is 9.90. The van der Waals surface area contributed by atoms with Gasteiger partial charge in [0.25, 0.3) is 5.91 Å². The Morgan fingerprint density at radius 2 is 1.52 bits per heavy atom. The molecule has 14 nitrogen and oxygen atoms in total. The lowest BCUT2D eigenvalue weighted by molar-refractivity contribution is -0.137. The van der Waals surface area contributed by atoms with Crippen LogP contribution >= 0.6 is 0 Å². The average Bonchev–Trinajstić information content (AvgIpc) is 4.12. The van der Waals surface area contributed by atoms with E-state index in [0.29, 0.717) is 24.4 Å². The Hall–Kier alpha value is -6.70. The zero-order chi connectivity index (χ0) is 44.1. The van der Waals surface area contributed by atoms with Gasteiger partial charge in [-0.15, -0.1) is 0 Å². The fraction of sp³-hybridized carbons (Fsp3) is 0.388. The number of fused-ring (bicyclic) bond motifs is 6. The number of imidazole rings is 1. The van der Waals surface area contributed by atoms with Gasteiger partial charge < -0.3 is 39.6 Å². The van der Waals surface area contributed by atoms with Crippen LogP contribution in [0.2, 0.25) is 0 Å². The Morgan fingerprint density at radius 3 is 2.25 bits per heavy atom. The summed E-state index contributed by atoms with van der Waals surface area (Å²) in [5, 5.41) is 7.65. The van der Waals surface area contributed by atoms with Crippen molar-refractivity contribution in [2.75, 3.05) is 14.2 Å². The van der Waals surface area contributed by atoms with E-state index in [2.05, 4.69) is 65.0 Å². The summed E-state index contributed by atoms with van der Waals surface area (Å²) < 4.78 is 16.2. The monoisotopic (exact) mass is 851 g/mol. The van der Waals surface area contributed by atoms with Crippen molar-refractivity contribution in [3.05, 3.63) is 102 Å². The minimum absolute atomic E-state index is 0.0157. The van der Waals surface area contributed by atoms with Crippen molar-refractivity contribution in [3.8, 4) is 28.1 Å². The first-order valence-electron chi connectivity index (χ1n) is 21.8. The molecule has 0 unspecified atom stereocenters. The van der Waals surface area contributed by atoms with Gasteiger partial charge in [0.1, 0.15) is 30.3 Å². The highest BCUT2D eigenvalue weighted by molar-refractivity contribution is 6.07. The number of nitrogens with zero attached hydrogens (tertiary/aromatic N) is 4. The van der Waals surface area contributed by atoms with Crippen LogP contribution in [-0.2, 0) is 32.1 Å². The molecule has 4 aromatic carbocycles. The highest BCUT2D eigenvalue weighted by Gasteiger charge is 2.43. The Morgan fingerprint density at radius 1 is 0.810 bits per heavy atom. The van der Waals surface area contributed by atoms with Gasteiger partial charge >= 0.3 is 12.2 Å². The quantitative estimate of drug-likeness (QED) is 0.133. The fourth-order valence-corrected chi connectivity index (χ4v) is 9.97. The molecule has 9 rings (SSSR count). The summed E-state index contributed by atoms with van der Waals surface area (Å²) in [5.74, 6) is 1.05. The zero-order valence-corrected chi connectivity index (χ0v) is 36.4. The van der Waals surface area contributed by atoms with Gasteiger partial charge in [0.2, 0.25) is 5.91 Å². The summed E-state index contributed by atoms with van der Waals surface area (Å²) in [6.07, 6.45) is 4.31. The predicted molar refractivity (Wildman–Crippen MR) is 239 cm³/mol. The van der Waals surface area contributed by atoms with E-state index in [1.807, 2.05) is 67.1 Å². The second-order valence-electron chi connectivity index (χ2n) is 17.5. The van der Waals surface area contributed by atoms with Gasteiger partial charge in [-0.2, -0.15) is 0 Å². The highest BCUT2D eigenvalue weighted by Crippen LogP contribution is 2.45. The summed E-state index contributed by atoms with van der Waals surface area (Å²) in [6, 6.07) is 22.0. The first-order chi connectivity index (χ1) is 30.4. The molecule has 2 fully saturated rings. The standard InChI is InChI=1S/C49H53N7O7/c1-26(2)43(53-48(59)61-5)46(57)56-28(4)13-19-41(56)45-50-24-39(52-45)31-14-16-33-32(20-31)25-63-42-23-34-30(21-36(33)42)15-17-37-35(34)22-38(51-37)40-18-12-27(3)55(40)47(58)44(54-49(60)62-6)29-10-8-7-9-11-29/h7-11,14-17,20-21,23-24,26-28,40-41,43-44H,12-13,18-19,22,25H2,1-6H3,(H,50,52)(H,53,59)(H,54,60)/t27-,28+,40+,41+,43+,44-/m1/s1. The maximum absolute atomic E-state index is 14.3.